The number of benzene rings is 3. The van der Waals surface area contributed by atoms with Crippen LogP contribution in [0.4, 0.5) is 11.4 Å². The van der Waals surface area contributed by atoms with Crippen LogP contribution in [0.1, 0.15) is 47.0 Å². The molecule has 0 amide bonds. The van der Waals surface area contributed by atoms with E-state index >= 15 is 0 Å². The van der Waals surface area contributed by atoms with Gasteiger partial charge in [0.15, 0.2) is 0 Å². The van der Waals surface area contributed by atoms with Crippen molar-refractivity contribution in [3.63, 3.8) is 0 Å². The molecule has 44 heavy (non-hydrogen) atoms. The monoisotopic (exact) mass is 645 g/mol. The van der Waals surface area contributed by atoms with E-state index in [0.717, 1.165) is 12.8 Å². The second-order valence-corrected chi connectivity index (χ2v) is 16.7. The van der Waals surface area contributed by atoms with Gasteiger partial charge in [0.2, 0.25) is 20.0 Å². The van der Waals surface area contributed by atoms with E-state index < -0.39 is 20.0 Å². The summed E-state index contributed by atoms with van der Waals surface area (Å²) in [6.07, 6.45) is 2.50. The highest BCUT2D eigenvalue weighted by molar-refractivity contribution is 7.89. The Morgan fingerprint density at radius 1 is 0.773 bits per heavy atom. The first-order valence-electron chi connectivity index (χ1n) is 15.3. The highest BCUT2D eigenvalue weighted by Crippen LogP contribution is 2.44. The van der Waals surface area contributed by atoms with Crippen molar-refractivity contribution in [2.45, 2.75) is 56.7 Å². The van der Waals surface area contributed by atoms with E-state index in [9.17, 15) is 21.7 Å². The van der Waals surface area contributed by atoms with Gasteiger partial charge in [0, 0.05) is 47.7 Å². The van der Waals surface area contributed by atoms with Crippen LogP contribution in [-0.2, 0) is 24.9 Å². The van der Waals surface area contributed by atoms with E-state index in [-0.39, 0.29) is 49.9 Å². The number of nitrogens with one attached hydrogen (secondary N) is 1. The molecule has 13 heteroatoms. The first-order valence-corrected chi connectivity index (χ1v) is 18.2. The van der Waals surface area contributed by atoms with Crippen LogP contribution in [0.15, 0.2) is 51.4 Å². The maximum Gasteiger partial charge on any atom is 0.243 e. The second kappa shape index (κ2) is 13.0. The van der Waals surface area contributed by atoms with Crippen LogP contribution in [0.5, 0.6) is 0 Å². The maximum atomic E-state index is 13.8. The second-order valence-electron chi connectivity index (χ2n) is 12.9. The van der Waals surface area contributed by atoms with Gasteiger partial charge in [-0.15, -0.1) is 4.91 Å². The van der Waals surface area contributed by atoms with Crippen LogP contribution in [0.3, 0.4) is 0 Å². The van der Waals surface area contributed by atoms with Gasteiger partial charge in [-0.05, 0) is 78.9 Å². The molecule has 0 bridgehead atoms. The lowest BCUT2D eigenvalue weighted by atomic mass is 9.94. The summed E-state index contributed by atoms with van der Waals surface area (Å²) in [6.45, 7) is 10.6. The minimum atomic E-state index is -3.87. The van der Waals surface area contributed by atoms with Crippen molar-refractivity contribution >= 4 is 53.0 Å². The summed E-state index contributed by atoms with van der Waals surface area (Å²) < 4.78 is 58.2. The first-order chi connectivity index (χ1) is 20.9. The van der Waals surface area contributed by atoms with Crippen molar-refractivity contribution in [1.82, 2.24) is 8.61 Å². The van der Waals surface area contributed by atoms with E-state index in [4.69, 9.17) is 10.6 Å². The fraction of sp³-hybridized carbons (Fsp3) is 0.548. The summed E-state index contributed by atoms with van der Waals surface area (Å²) in [5.74, 6) is 0.881. The summed E-state index contributed by atoms with van der Waals surface area (Å²) in [5.41, 5.74) is 9.04. The minimum absolute atomic E-state index is 0.0302. The molecule has 3 aromatic carbocycles. The molecule has 2 heterocycles. The van der Waals surface area contributed by atoms with Gasteiger partial charge in [0.25, 0.3) is 0 Å². The number of fused-ring (bicyclic) bond motifs is 2. The molecular formula is C31H43N5O6S2. The molecule has 2 saturated heterocycles. The average molecular weight is 646 g/mol. The maximum absolute atomic E-state index is 13.8. The molecule has 0 saturated carbocycles. The molecule has 240 valence electrons. The molecule has 4 atom stereocenters. The fourth-order valence-corrected chi connectivity index (χ4v) is 10.3. The quantitative estimate of drug-likeness (QED) is 0.128. The average Bonchev–Trinajstić information content (AvgIpc) is 2.97. The van der Waals surface area contributed by atoms with Gasteiger partial charge in [-0.3, -0.25) is 10.3 Å². The minimum Gasteiger partial charge on any atom is -0.330 e. The summed E-state index contributed by atoms with van der Waals surface area (Å²) >= 11 is 0. The predicted molar refractivity (Wildman–Crippen MR) is 174 cm³/mol. The van der Waals surface area contributed by atoms with Crippen molar-refractivity contribution in [3.8, 4) is 0 Å². The molecule has 0 spiro atoms. The number of nitroso groups, excluding NO2 is 1. The molecule has 2 aliphatic heterocycles. The van der Waals surface area contributed by atoms with E-state index in [1.54, 1.807) is 12.1 Å². The number of hydrogen-bond acceptors (Lipinski definition) is 9. The van der Waals surface area contributed by atoms with Gasteiger partial charge >= 0.3 is 0 Å². The van der Waals surface area contributed by atoms with E-state index in [2.05, 4.69) is 10.7 Å². The van der Waals surface area contributed by atoms with Crippen LogP contribution in [0, 0.1) is 28.6 Å². The molecule has 11 nitrogen and oxygen atoms in total. The SMILES string of the molecule is CC1CC(C)CN(S(=O)(=O)c2ccc3c(NOCCCN)c4ccc(S(=O)(=O)N5CC(C)CC(C)C5)cc4c(N=O)c3c2)C1. The Morgan fingerprint density at radius 2 is 1.20 bits per heavy atom. The molecule has 0 aliphatic carbocycles. The topological polar surface area (TPSA) is 151 Å². The van der Waals surface area contributed by atoms with Crippen molar-refractivity contribution in [2.75, 3.05) is 44.8 Å². The zero-order valence-corrected chi connectivity index (χ0v) is 27.5. The summed E-state index contributed by atoms with van der Waals surface area (Å²) in [4.78, 5) is 18.3. The van der Waals surface area contributed by atoms with Crippen molar-refractivity contribution in [1.29, 1.82) is 0 Å². The molecule has 3 aromatic rings. The zero-order valence-electron chi connectivity index (χ0n) is 25.8. The Hall–Kier alpha value is -2.68. The van der Waals surface area contributed by atoms with E-state index in [0.29, 0.717) is 62.2 Å². The smallest absolute Gasteiger partial charge is 0.243 e. The lowest BCUT2D eigenvalue weighted by molar-refractivity contribution is 0.193. The van der Waals surface area contributed by atoms with Crippen LogP contribution in [-0.4, -0.2) is 64.8 Å². The Morgan fingerprint density at radius 3 is 1.59 bits per heavy atom. The third-order valence-electron chi connectivity index (χ3n) is 8.69. The van der Waals surface area contributed by atoms with Gasteiger partial charge in [0.05, 0.1) is 22.1 Å². The van der Waals surface area contributed by atoms with Gasteiger partial charge < -0.3 is 5.73 Å². The highest BCUT2D eigenvalue weighted by atomic mass is 32.2. The molecule has 2 fully saturated rings. The van der Waals surface area contributed by atoms with Crippen LogP contribution >= 0.6 is 0 Å². The summed E-state index contributed by atoms with van der Waals surface area (Å²) in [7, 11) is -7.74. The van der Waals surface area contributed by atoms with Crippen molar-refractivity contribution in [2.24, 2.45) is 34.6 Å². The first kappa shape index (κ1) is 32.7. The number of nitrogens with zero attached hydrogens (tertiary/aromatic N) is 3. The number of sulfonamides is 2. The number of nitrogens with two attached hydrogens (primary N) is 1. The standard InChI is InChI=1S/C31H43N5O6S2/c1-20-12-21(2)17-35(16-20)43(38,39)24-6-8-26-28(14-24)30(33-37)29-15-25(7-9-27(29)31(26)34-42-11-5-10-32)44(40,41)36-18-22(3)13-23(4)19-36/h6-9,14-15,20-23,34H,5,10-13,16-19,32H2,1-4H3. The lowest BCUT2D eigenvalue weighted by Gasteiger charge is -2.34. The largest absolute Gasteiger partial charge is 0.330 e. The zero-order chi connectivity index (χ0) is 31.8. The summed E-state index contributed by atoms with van der Waals surface area (Å²) in [6, 6.07) is 9.27. The molecule has 3 N–H and O–H groups in total. The number of rotatable bonds is 10. The summed E-state index contributed by atoms with van der Waals surface area (Å²) in [5, 5.41) is 4.96. The normalized spacial score (nSPS) is 24.1. The van der Waals surface area contributed by atoms with Crippen LogP contribution in [0.25, 0.3) is 21.5 Å². The Labute approximate surface area is 260 Å². The van der Waals surface area contributed by atoms with Gasteiger partial charge in [-0.25, -0.2) is 16.8 Å². The fourth-order valence-electron chi connectivity index (χ4n) is 6.87. The number of hydrogen-bond donors (Lipinski definition) is 2. The van der Waals surface area contributed by atoms with E-state index in [1.165, 1.54) is 32.9 Å². The van der Waals surface area contributed by atoms with Crippen LogP contribution in [0.2, 0.25) is 0 Å². The van der Waals surface area contributed by atoms with Gasteiger partial charge in [0.1, 0.15) is 5.69 Å². The third-order valence-corrected chi connectivity index (χ3v) is 12.3. The Kier molecular flexibility index (Phi) is 9.64. The molecule has 0 aromatic heterocycles. The van der Waals surface area contributed by atoms with Crippen molar-refractivity contribution < 1.29 is 21.7 Å². The lowest BCUT2D eigenvalue weighted by Crippen LogP contribution is -2.42. The van der Waals surface area contributed by atoms with Crippen molar-refractivity contribution in [3.05, 3.63) is 41.3 Å². The molecular weight excluding hydrogens is 603 g/mol. The molecule has 5 rings (SSSR count). The Bertz CT molecular complexity index is 1630. The Balaban J connectivity index is 1.68. The van der Waals surface area contributed by atoms with Gasteiger partial charge in [-0.2, -0.15) is 8.61 Å². The highest BCUT2D eigenvalue weighted by Gasteiger charge is 2.34. The predicted octanol–water partition coefficient (Wildman–Crippen LogP) is 5.42. The number of anilines is 1. The van der Waals surface area contributed by atoms with E-state index in [1.807, 2.05) is 27.7 Å². The molecule has 4 unspecified atom stereocenters. The number of piperidine rings is 2. The van der Waals surface area contributed by atoms with Gasteiger partial charge in [-0.1, -0.05) is 39.8 Å². The van der Waals surface area contributed by atoms with Crippen LogP contribution < -0.4 is 11.2 Å². The molecule has 0 radical (unpaired) electrons. The third kappa shape index (κ3) is 6.35. The molecule has 2 aliphatic rings.